The summed E-state index contributed by atoms with van der Waals surface area (Å²) in [6, 6.07) is 0. The highest BCUT2D eigenvalue weighted by Gasteiger charge is 2.52. The smallest absolute Gasteiger partial charge is 0.126 e. The monoisotopic (exact) mass is 273 g/mol. The third-order valence-electron chi connectivity index (χ3n) is 6.46. The van der Waals surface area contributed by atoms with E-state index in [0.717, 1.165) is 30.0 Å². The normalized spacial score (nSPS) is 41.9. The summed E-state index contributed by atoms with van der Waals surface area (Å²) in [6.45, 7) is 4.21. The first-order chi connectivity index (χ1) is 9.51. The summed E-state index contributed by atoms with van der Waals surface area (Å²) >= 11 is 0. The molecule has 0 amide bonds. The highest BCUT2D eigenvalue weighted by Crippen LogP contribution is 2.60. The fraction of sp³-hybridized carbons (Fsp3) is 0.824. The molecule has 0 radical (unpaired) electrons. The zero-order valence-electron chi connectivity index (χ0n) is 12.8. The molecule has 3 N–H and O–H groups in total. The van der Waals surface area contributed by atoms with Gasteiger partial charge in [-0.15, -0.1) is 0 Å². The summed E-state index contributed by atoms with van der Waals surface area (Å²) in [5.41, 5.74) is 7.82. The molecule has 0 saturated heterocycles. The maximum atomic E-state index is 6.35. The van der Waals surface area contributed by atoms with Gasteiger partial charge in [0.15, 0.2) is 0 Å². The zero-order valence-corrected chi connectivity index (χ0v) is 12.8. The Morgan fingerprint density at radius 2 is 1.80 bits per heavy atom. The minimum Gasteiger partial charge on any atom is -0.344 e. The third-order valence-corrected chi connectivity index (χ3v) is 6.46. The van der Waals surface area contributed by atoms with Crippen LogP contribution in [0.1, 0.15) is 70.3 Å². The Hall–Kier alpha value is -0.830. The van der Waals surface area contributed by atoms with Crippen molar-refractivity contribution >= 4 is 0 Å². The lowest BCUT2D eigenvalue weighted by molar-refractivity contribution is -0.00710. The van der Waals surface area contributed by atoms with Gasteiger partial charge in [0, 0.05) is 17.3 Å². The van der Waals surface area contributed by atoms with Gasteiger partial charge in [-0.3, -0.25) is 0 Å². The Balaban J connectivity index is 1.68. The SMILES string of the molecule is CCC(C)(N)c1ncc(C23CC4CC(CC(C4)C2)C3)[nH]1. The highest BCUT2D eigenvalue weighted by atomic mass is 15.0. The Labute approximate surface area is 121 Å². The lowest BCUT2D eigenvalue weighted by Gasteiger charge is -2.56. The number of H-pyrrole nitrogens is 1. The van der Waals surface area contributed by atoms with Crippen molar-refractivity contribution in [2.24, 2.45) is 23.5 Å². The van der Waals surface area contributed by atoms with Crippen molar-refractivity contribution in [1.29, 1.82) is 0 Å². The average molecular weight is 273 g/mol. The molecular formula is C17H27N3. The van der Waals surface area contributed by atoms with Gasteiger partial charge in [0.1, 0.15) is 5.82 Å². The molecule has 4 saturated carbocycles. The lowest BCUT2D eigenvalue weighted by atomic mass is 9.49. The van der Waals surface area contributed by atoms with Crippen molar-refractivity contribution in [3.05, 3.63) is 17.7 Å². The largest absolute Gasteiger partial charge is 0.344 e. The van der Waals surface area contributed by atoms with Crippen LogP contribution in [0.25, 0.3) is 0 Å². The van der Waals surface area contributed by atoms with Crippen LogP contribution in [-0.2, 0) is 11.0 Å². The van der Waals surface area contributed by atoms with Crippen LogP contribution in [0.15, 0.2) is 6.20 Å². The average Bonchev–Trinajstić information content (AvgIpc) is 2.88. The van der Waals surface area contributed by atoms with E-state index in [2.05, 4.69) is 30.0 Å². The molecule has 3 nitrogen and oxygen atoms in total. The van der Waals surface area contributed by atoms with Crippen molar-refractivity contribution in [1.82, 2.24) is 9.97 Å². The predicted molar refractivity (Wildman–Crippen MR) is 80.3 cm³/mol. The van der Waals surface area contributed by atoms with E-state index in [4.69, 9.17) is 5.73 Å². The van der Waals surface area contributed by atoms with Crippen LogP contribution in [-0.4, -0.2) is 9.97 Å². The number of aromatic amines is 1. The summed E-state index contributed by atoms with van der Waals surface area (Å²) in [5.74, 6) is 3.90. The standard InChI is InChI=1S/C17H27N3/c1-3-16(2,18)15-19-10-14(20-15)17-7-11-4-12(8-17)6-13(5-11)9-17/h10-13H,3-9,18H2,1-2H3,(H,19,20). The number of nitrogens with one attached hydrogen (secondary N) is 1. The van der Waals surface area contributed by atoms with E-state index in [1.807, 2.05) is 0 Å². The molecule has 5 rings (SSSR count). The highest BCUT2D eigenvalue weighted by molar-refractivity contribution is 5.23. The number of aromatic nitrogens is 2. The van der Waals surface area contributed by atoms with Gasteiger partial charge in [0.2, 0.25) is 0 Å². The molecule has 4 bridgehead atoms. The second-order valence-corrected chi connectivity index (χ2v) is 8.11. The Bertz CT molecular complexity index is 479. The quantitative estimate of drug-likeness (QED) is 0.886. The van der Waals surface area contributed by atoms with Crippen LogP contribution in [0.5, 0.6) is 0 Å². The van der Waals surface area contributed by atoms with Gasteiger partial charge >= 0.3 is 0 Å². The minimum absolute atomic E-state index is 0.319. The molecule has 0 aliphatic heterocycles. The maximum Gasteiger partial charge on any atom is 0.126 e. The van der Waals surface area contributed by atoms with Gasteiger partial charge in [0.05, 0.1) is 5.54 Å². The summed E-state index contributed by atoms with van der Waals surface area (Å²) < 4.78 is 0. The fourth-order valence-corrected chi connectivity index (χ4v) is 5.49. The number of nitrogens with zero attached hydrogens (tertiary/aromatic N) is 1. The van der Waals surface area contributed by atoms with E-state index >= 15 is 0 Å². The second kappa shape index (κ2) is 4.09. The molecular weight excluding hydrogens is 246 g/mol. The number of imidazole rings is 1. The van der Waals surface area contributed by atoms with E-state index in [9.17, 15) is 0 Å². The number of rotatable bonds is 3. The summed E-state index contributed by atoms with van der Waals surface area (Å²) in [7, 11) is 0. The van der Waals surface area contributed by atoms with Crippen molar-refractivity contribution < 1.29 is 0 Å². The summed E-state index contributed by atoms with van der Waals surface area (Å²) in [5, 5.41) is 0. The number of nitrogens with two attached hydrogens (primary N) is 1. The molecule has 110 valence electrons. The predicted octanol–water partition coefficient (Wildman–Crippen LogP) is 3.46. The maximum absolute atomic E-state index is 6.35. The lowest BCUT2D eigenvalue weighted by Crippen LogP contribution is -2.48. The van der Waals surface area contributed by atoms with Crippen LogP contribution in [0.3, 0.4) is 0 Å². The van der Waals surface area contributed by atoms with Crippen molar-refractivity contribution in [3.63, 3.8) is 0 Å². The molecule has 1 heterocycles. The van der Waals surface area contributed by atoms with Crippen molar-refractivity contribution in [2.75, 3.05) is 0 Å². The molecule has 0 aromatic carbocycles. The molecule has 0 spiro atoms. The molecule has 4 aliphatic rings. The summed E-state index contributed by atoms with van der Waals surface area (Å²) in [4.78, 5) is 8.26. The van der Waals surface area contributed by atoms with Gasteiger partial charge < -0.3 is 10.7 Å². The van der Waals surface area contributed by atoms with Gasteiger partial charge in [-0.25, -0.2) is 4.98 Å². The van der Waals surface area contributed by atoms with E-state index in [-0.39, 0.29) is 5.54 Å². The van der Waals surface area contributed by atoms with Crippen molar-refractivity contribution in [3.8, 4) is 0 Å². The topological polar surface area (TPSA) is 54.7 Å². The van der Waals surface area contributed by atoms with Gasteiger partial charge in [0.25, 0.3) is 0 Å². The van der Waals surface area contributed by atoms with Crippen LogP contribution >= 0.6 is 0 Å². The minimum atomic E-state index is -0.319. The number of hydrogen-bond donors (Lipinski definition) is 2. The fourth-order valence-electron chi connectivity index (χ4n) is 5.49. The van der Waals surface area contributed by atoms with Crippen LogP contribution in [0.4, 0.5) is 0 Å². The third kappa shape index (κ3) is 1.78. The van der Waals surface area contributed by atoms with E-state index in [0.29, 0.717) is 5.41 Å². The summed E-state index contributed by atoms with van der Waals surface area (Å²) in [6.07, 6.45) is 11.6. The molecule has 1 aromatic rings. The van der Waals surface area contributed by atoms with Crippen LogP contribution in [0, 0.1) is 17.8 Å². The first-order valence-corrected chi connectivity index (χ1v) is 8.35. The van der Waals surface area contributed by atoms with E-state index < -0.39 is 0 Å². The van der Waals surface area contributed by atoms with Crippen LogP contribution < -0.4 is 5.73 Å². The Kier molecular flexibility index (Phi) is 2.64. The Morgan fingerprint density at radius 3 is 2.30 bits per heavy atom. The Morgan fingerprint density at radius 1 is 1.25 bits per heavy atom. The van der Waals surface area contributed by atoms with E-state index in [1.165, 1.54) is 44.2 Å². The van der Waals surface area contributed by atoms with E-state index in [1.54, 1.807) is 0 Å². The van der Waals surface area contributed by atoms with Gasteiger partial charge in [-0.05, 0) is 69.6 Å². The van der Waals surface area contributed by atoms with Crippen LogP contribution in [0.2, 0.25) is 0 Å². The number of hydrogen-bond acceptors (Lipinski definition) is 2. The first-order valence-electron chi connectivity index (χ1n) is 8.35. The molecule has 1 unspecified atom stereocenters. The first kappa shape index (κ1) is 12.9. The van der Waals surface area contributed by atoms with Gasteiger partial charge in [-0.2, -0.15) is 0 Å². The molecule has 1 atom stereocenters. The molecule has 3 heteroatoms. The molecule has 4 fully saturated rings. The van der Waals surface area contributed by atoms with Crippen molar-refractivity contribution in [2.45, 2.75) is 69.7 Å². The second-order valence-electron chi connectivity index (χ2n) is 8.11. The molecule has 1 aromatic heterocycles. The molecule has 20 heavy (non-hydrogen) atoms. The zero-order chi connectivity index (χ0) is 14.0. The van der Waals surface area contributed by atoms with Gasteiger partial charge in [-0.1, -0.05) is 6.92 Å². The molecule has 4 aliphatic carbocycles.